The largest absolute Gasteiger partial charge is 0.392 e. The molecule has 1 aromatic carbocycles. The van der Waals surface area contributed by atoms with Crippen LogP contribution in [0, 0.1) is 0 Å². The molecule has 0 fully saturated rings. The number of benzene rings is 1. The van der Waals surface area contributed by atoms with Crippen LogP contribution in [0.25, 0.3) is 0 Å². The molecule has 1 heterocycles. The molecule has 0 saturated carbocycles. The van der Waals surface area contributed by atoms with Crippen molar-refractivity contribution in [1.82, 2.24) is 4.98 Å². The number of rotatable bonds is 3. The molecule has 1 aromatic heterocycles. The van der Waals surface area contributed by atoms with Crippen LogP contribution in [0.2, 0.25) is 0 Å². The van der Waals surface area contributed by atoms with Gasteiger partial charge in [0.25, 0.3) is 0 Å². The van der Waals surface area contributed by atoms with E-state index in [9.17, 15) is 0 Å². The summed E-state index contributed by atoms with van der Waals surface area (Å²) in [6.07, 6.45) is 1.79. The van der Waals surface area contributed by atoms with Crippen LogP contribution in [0.5, 0.6) is 0 Å². The average molecular weight is 302 g/mol. The van der Waals surface area contributed by atoms with Crippen LogP contribution in [-0.2, 0) is 6.61 Å². The summed E-state index contributed by atoms with van der Waals surface area (Å²) in [5.41, 5.74) is 0.908. The van der Waals surface area contributed by atoms with Crippen molar-refractivity contribution >= 4 is 39.0 Å². The molecular weight excluding hydrogens is 294 g/mol. The number of aliphatic hydroxyl groups is 1. The maximum Gasteiger partial charge on any atom is 0.154 e. The lowest BCUT2D eigenvalue weighted by Crippen LogP contribution is -1.83. The van der Waals surface area contributed by atoms with Crippen molar-refractivity contribution in [2.45, 2.75) is 15.8 Å². The second-order valence-corrected chi connectivity index (χ2v) is 5.86. The normalized spacial score (nSPS) is 10.5. The summed E-state index contributed by atoms with van der Waals surface area (Å²) in [7, 11) is 0. The van der Waals surface area contributed by atoms with E-state index in [4.69, 9.17) is 5.11 Å². The quantitative estimate of drug-likeness (QED) is 0.941. The second-order valence-electron chi connectivity index (χ2n) is 2.82. The van der Waals surface area contributed by atoms with E-state index in [0.29, 0.717) is 0 Å². The summed E-state index contributed by atoms with van der Waals surface area (Å²) in [4.78, 5) is 5.32. The van der Waals surface area contributed by atoms with Gasteiger partial charge in [-0.3, -0.25) is 0 Å². The lowest BCUT2D eigenvalue weighted by atomic mass is 10.2. The summed E-state index contributed by atoms with van der Waals surface area (Å²) >= 11 is 6.72. The fourth-order valence-corrected chi connectivity index (χ4v) is 3.33. The van der Waals surface area contributed by atoms with Gasteiger partial charge < -0.3 is 5.11 Å². The van der Waals surface area contributed by atoms with Crippen LogP contribution < -0.4 is 0 Å². The standard InChI is InChI=1S/C10H8BrNOS2/c11-8-5-7(6-13)1-2-9(8)15-10-12-3-4-14-10/h1-5,13H,6H2. The van der Waals surface area contributed by atoms with Crippen molar-refractivity contribution in [3.8, 4) is 0 Å². The van der Waals surface area contributed by atoms with Gasteiger partial charge in [-0.05, 0) is 33.6 Å². The Balaban J connectivity index is 2.22. The molecule has 0 amide bonds. The number of hydrogen-bond acceptors (Lipinski definition) is 4. The van der Waals surface area contributed by atoms with Crippen LogP contribution in [-0.4, -0.2) is 10.1 Å². The summed E-state index contributed by atoms with van der Waals surface area (Å²) in [5.74, 6) is 0. The van der Waals surface area contributed by atoms with Crippen molar-refractivity contribution in [2.75, 3.05) is 0 Å². The first-order chi connectivity index (χ1) is 7.29. The second kappa shape index (κ2) is 5.12. The Kier molecular flexibility index (Phi) is 3.80. The minimum absolute atomic E-state index is 0.0702. The highest BCUT2D eigenvalue weighted by Gasteiger charge is 2.04. The Morgan fingerprint density at radius 1 is 1.47 bits per heavy atom. The van der Waals surface area contributed by atoms with Gasteiger partial charge in [0.05, 0.1) is 6.61 Å². The molecule has 0 bridgehead atoms. The van der Waals surface area contributed by atoms with E-state index in [-0.39, 0.29) is 6.61 Å². The molecule has 5 heteroatoms. The number of hydrogen-bond donors (Lipinski definition) is 1. The lowest BCUT2D eigenvalue weighted by Gasteiger charge is -2.03. The predicted octanol–water partition coefficient (Wildman–Crippen LogP) is 3.55. The Morgan fingerprint density at radius 2 is 2.33 bits per heavy atom. The predicted molar refractivity (Wildman–Crippen MR) is 66.3 cm³/mol. The van der Waals surface area contributed by atoms with Crippen molar-refractivity contribution in [1.29, 1.82) is 0 Å². The maximum absolute atomic E-state index is 8.97. The topological polar surface area (TPSA) is 33.1 Å². The van der Waals surface area contributed by atoms with Crippen LogP contribution in [0.4, 0.5) is 0 Å². The Hall–Kier alpha value is -0.360. The third kappa shape index (κ3) is 2.81. The first-order valence-electron chi connectivity index (χ1n) is 4.26. The molecule has 1 N–H and O–H groups in total. The van der Waals surface area contributed by atoms with E-state index in [1.54, 1.807) is 29.3 Å². The molecule has 2 rings (SSSR count). The zero-order valence-electron chi connectivity index (χ0n) is 7.68. The van der Waals surface area contributed by atoms with Gasteiger partial charge in [0.1, 0.15) is 0 Å². The van der Waals surface area contributed by atoms with E-state index in [2.05, 4.69) is 20.9 Å². The van der Waals surface area contributed by atoms with E-state index in [0.717, 1.165) is 19.3 Å². The van der Waals surface area contributed by atoms with Crippen LogP contribution in [0.3, 0.4) is 0 Å². The molecule has 0 unspecified atom stereocenters. The Bertz CT molecular complexity index is 445. The fourth-order valence-electron chi connectivity index (χ4n) is 1.08. The van der Waals surface area contributed by atoms with Crippen molar-refractivity contribution in [2.24, 2.45) is 0 Å². The summed E-state index contributed by atoms with van der Waals surface area (Å²) < 4.78 is 2.02. The van der Waals surface area contributed by atoms with Crippen LogP contribution in [0.1, 0.15) is 5.56 Å². The number of nitrogens with zero attached hydrogens (tertiary/aromatic N) is 1. The van der Waals surface area contributed by atoms with Gasteiger partial charge in [0, 0.05) is 20.9 Å². The van der Waals surface area contributed by atoms with Crippen molar-refractivity contribution < 1.29 is 5.11 Å². The zero-order chi connectivity index (χ0) is 10.7. The van der Waals surface area contributed by atoms with E-state index >= 15 is 0 Å². The number of aromatic nitrogens is 1. The molecule has 2 aromatic rings. The smallest absolute Gasteiger partial charge is 0.154 e. The minimum Gasteiger partial charge on any atom is -0.392 e. The third-order valence-corrected chi connectivity index (χ3v) is 4.66. The first kappa shape index (κ1) is 11.1. The molecule has 2 nitrogen and oxygen atoms in total. The van der Waals surface area contributed by atoms with Gasteiger partial charge >= 0.3 is 0 Å². The molecule has 0 atom stereocenters. The highest BCUT2D eigenvalue weighted by molar-refractivity contribution is 9.10. The highest BCUT2D eigenvalue weighted by atomic mass is 79.9. The summed E-state index contributed by atoms with van der Waals surface area (Å²) in [6.45, 7) is 0.0702. The summed E-state index contributed by atoms with van der Waals surface area (Å²) in [5, 5.41) is 10.9. The molecule has 0 radical (unpaired) electrons. The first-order valence-corrected chi connectivity index (χ1v) is 6.75. The van der Waals surface area contributed by atoms with Crippen LogP contribution >= 0.6 is 39.0 Å². The number of aliphatic hydroxyl groups excluding tert-OH is 1. The van der Waals surface area contributed by atoms with Gasteiger partial charge in [-0.25, -0.2) is 4.98 Å². The fraction of sp³-hybridized carbons (Fsp3) is 0.100. The Labute approximate surface area is 104 Å². The SMILES string of the molecule is OCc1ccc(Sc2nccs2)c(Br)c1. The highest BCUT2D eigenvalue weighted by Crippen LogP contribution is 2.34. The average Bonchev–Trinajstić information content (AvgIpc) is 2.74. The minimum atomic E-state index is 0.0702. The molecule has 0 aliphatic carbocycles. The zero-order valence-corrected chi connectivity index (χ0v) is 10.9. The van der Waals surface area contributed by atoms with Gasteiger partial charge in [-0.15, -0.1) is 11.3 Å². The lowest BCUT2D eigenvalue weighted by molar-refractivity contribution is 0.281. The molecule has 0 saturated heterocycles. The summed E-state index contributed by atoms with van der Waals surface area (Å²) in [6, 6.07) is 5.83. The van der Waals surface area contributed by atoms with Gasteiger partial charge in [-0.1, -0.05) is 17.8 Å². The van der Waals surface area contributed by atoms with Crippen molar-refractivity contribution in [3.05, 3.63) is 39.8 Å². The molecule has 0 spiro atoms. The van der Waals surface area contributed by atoms with E-state index in [1.807, 2.05) is 23.6 Å². The van der Waals surface area contributed by atoms with Crippen molar-refractivity contribution in [3.63, 3.8) is 0 Å². The monoisotopic (exact) mass is 301 g/mol. The molecule has 0 aliphatic heterocycles. The van der Waals surface area contributed by atoms with Crippen LogP contribution in [0.15, 0.2) is 43.5 Å². The third-order valence-electron chi connectivity index (χ3n) is 1.79. The van der Waals surface area contributed by atoms with E-state index in [1.165, 1.54) is 0 Å². The van der Waals surface area contributed by atoms with E-state index < -0.39 is 0 Å². The molecule has 78 valence electrons. The van der Waals surface area contributed by atoms with Gasteiger partial charge in [0.2, 0.25) is 0 Å². The number of halogens is 1. The Morgan fingerprint density at radius 3 is 2.93 bits per heavy atom. The molecule has 15 heavy (non-hydrogen) atoms. The molecule has 0 aliphatic rings. The van der Waals surface area contributed by atoms with Gasteiger partial charge in [0.15, 0.2) is 4.34 Å². The number of thiazole rings is 1. The van der Waals surface area contributed by atoms with Gasteiger partial charge in [-0.2, -0.15) is 0 Å². The maximum atomic E-state index is 8.97. The molecular formula is C10H8BrNOS2.